The number of phenolic OH excluding ortho intramolecular Hbond substituents is 1. The zero-order chi connectivity index (χ0) is 12.6. The van der Waals surface area contributed by atoms with E-state index in [1.807, 2.05) is 13.8 Å². The maximum absolute atomic E-state index is 11.3. The van der Waals surface area contributed by atoms with Gasteiger partial charge in [-0.3, -0.25) is 0 Å². The number of ether oxygens (including phenoxy) is 1. The number of nitrogens with one attached hydrogen (secondary N) is 1. The molecule has 2 rings (SSSR count). The first-order valence-electron chi connectivity index (χ1n) is 5.32. The van der Waals surface area contributed by atoms with E-state index in [-0.39, 0.29) is 17.2 Å². The van der Waals surface area contributed by atoms with Gasteiger partial charge in [0.05, 0.1) is 6.04 Å². The minimum absolute atomic E-state index is 0.180. The predicted molar refractivity (Wildman–Crippen MR) is 66.8 cm³/mol. The molecule has 0 spiro atoms. The summed E-state index contributed by atoms with van der Waals surface area (Å²) in [4.78, 5) is 11.3. The zero-order valence-electron chi connectivity index (χ0n) is 9.66. The third kappa shape index (κ3) is 2.39. The highest BCUT2D eigenvalue weighted by Crippen LogP contribution is 2.40. The average molecular weight is 300 g/mol. The van der Waals surface area contributed by atoms with Gasteiger partial charge >= 0.3 is 6.09 Å². The lowest BCUT2D eigenvalue weighted by atomic mass is 9.80. The number of amides is 1. The van der Waals surface area contributed by atoms with Crippen LogP contribution in [0.15, 0.2) is 22.7 Å². The van der Waals surface area contributed by atoms with E-state index in [0.717, 1.165) is 10.0 Å². The van der Waals surface area contributed by atoms with Crippen molar-refractivity contribution in [1.82, 2.24) is 5.32 Å². The van der Waals surface area contributed by atoms with E-state index >= 15 is 0 Å². The van der Waals surface area contributed by atoms with Crippen LogP contribution in [0.4, 0.5) is 4.79 Å². The number of carbonyl (C=O) groups is 1. The number of rotatable bonds is 1. The Labute approximate surface area is 108 Å². The van der Waals surface area contributed by atoms with Gasteiger partial charge < -0.3 is 15.2 Å². The van der Waals surface area contributed by atoms with E-state index in [1.54, 1.807) is 18.2 Å². The minimum Gasteiger partial charge on any atom is -0.508 e. The number of alkyl carbamates (subject to hydrolysis) is 1. The highest BCUT2D eigenvalue weighted by molar-refractivity contribution is 9.10. The Hall–Kier alpha value is -1.23. The van der Waals surface area contributed by atoms with Crippen LogP contribution < -0.4 is 5.32 Å². The van der Waals surface area contributed by atoms with Crippen molar-refractivity contribution in [3.8, 4) is 5.75 Å². The van der Waals surface area contributed by atoms with E-state index in [0.29, 0.717) is 6.61 Å². The Morgan fingerprint density at radius 1 is 1.53 bits per heavy atom. The second-order valence-corrected chi connectivity index (χ2v) is 5.70. The Kier molecular flexibility index (Phi) is 3.03. The van der Waals surface area contributed by atoms with Crippen molar-refractivity contribution < 1.29 is 14.6 Å². The van der Waals surface area contributed by atoms with E-state index < -0.39 is 6.09 Å². The second-order valence-electron chi connectivity index (χ2n) is 4.85. The molecule has 17 heavy (non-hydrogen) atoms. The molecule has 92 valence electrons. The van der Waals surface area contributed by atoms with Crippen LogP contribution in [0.25, 0.3) is 0 Å². The predicted octanol–water partition coefficient (Wildman–Crippen LogP) is 2.96. The quantitative estimate of drug-likeness (QED) is 0.838. The van der Waals surface area contributed by atoms with Gasteiger partial charge in [0.15, 0.2) is 0 Å². The van der Waals surface area contributed by atoms with Crippen molar-refractivity contribution in [2.75, 3.05) is 6.61 Å². The minimum atomic E-state index is -0.426. The van der Waals surface area contributed by atoms with Gasteiger partial charge in [-0.25, -0.2) is 4.79 Å². The monoisotopic (exact) mass is 299 g/mol. The summed E-state index contributed by atoms with van der Waals surface area (Å²) in [6.07, 6.45) is -0.426. The Morgan fingerprint density at radius 3 is 2.94 bits per heavy atom. The first-order chi connectivity index (χ1) is 7.90. The normalized spacial score (nSPS) is 22.8. The smallest absolute Gasteiger partial charge is 0.407 e. The second kappa shape index (κ2) is 4.22. The summed E-state index contributed by atoms with van der Waals surface area (Å²) in [6, 6.07) is 4.83. The van der Waals surface area contributed by atoms with Crippen LogP contribution >= 0.6 is 15.9 Å². The SMILES string of the molecule is CC1(C)COC(=O)N[C@H]1c1cc(O)ccc1Br. The van der Waals surface area contributed by atoms with Crippen molar-refractivity contribution in [3.05, 3.63) is 28.2 Å². The summed E-state index contributed by atoms with van der Waals surface area (Å²) in [6.45, 7) is 4.37. The molecule has 0 saturated carbocycles. The molecule has 5 heteroatoms. The van der Waals surface area contributed by atoms with Gasteiger partial charge in [-0.2, -0.15) is 0 Å². The topological polar surface area (TPSA) is 58.6 Å². The largest absolute Gasteiger partial charge is 0.508 e. The summed E-state index contributed by atoms with van der Waals surface area (Å²) in [5.41, 5.74) is 0.621. The van der Waals surface area contributed by atoms with Crippen molar-refractivity contribution >= 4 is 22.0 Å². The summed E-state index contributed by atoms with van der Waals surface area (Å²) in [7, 11) is 0. The molecule has 1 heterocycles. The molecule has 1 aromatic rings. The molecule has 2 N–H and O–H groups in total. The van der Waals surface area contributed by atoms with Gasteiger partial charge in [-0.05, 0) is 23.8 Å². The average Bonchev–Trinajstić information content (AvgIpc) is 2.26. The molecule has 1 atom stereocenters. The lowest BCUT2D eigenvalue weighted by Crippen LogP contribution is -2.47. The first kappa shape index (κ1) is 12.2. The standard InChI is InChI=1S/C12H14BrNO3/c1-12(2)6-17-11(16)14-10(12)8-5-7(15)3-4-9(8)13/h3-5,10,15H,6H2,1-2H3,(H,14,16)/t10-/m0/s1. The first-order valence-corrected chi connectivity index (χ1v) is 6.11. The Balaban J connectivity index is 2.42. The van der Waals surface area contributed by atoms with Gasteiger partial charge in [0, 0.05) is 9.89 Å². The molecule has 0 bridgehead atoms. The number of benzene rings is 1. The lowest BCUT2D eigenvalue weighted by Gasteiger charge is -2.39. The molecular formula is C12H14BrNO3. The molecule has 0 unspecified atom stereocenters. The van der Waals surface area contributed by atoms with E-state index in [4.69, 9.17) is 4.74 Å². The molecule has 1 fully saturated rings. The molecule has 0 radical (unpaired) electrons. The number of halogens is 1. The van der Waals surface area contributed by atoms with Gasteiger partial charge in [-0.1, -0.05) is 29.8 Å². The van der Waals surface area contributed by atoms with E-state index in [9.17, 15) is 9.90 Å². The van der Waals surface area contributed by atoms with E-state index in [2.05, 4.69) is 21.2 Å². The number of carbonyl (C=O) groups excluding carboxylic acids is 1. The molecule has 1 amide bonds. The van der Waals surface area contributed by atoms with Crippen LogP contribution in [0.2, 0.25) is 0 Å². The van der Waals surface area contributed by atoms with Crippen molar-refractivity contribution in [3.63, 3.8) is 0 Å². The fourth-order valence-corrected chi connectivity index (χ4v) is 2.42. The lowest BCUT2D eigenvalue weighted by molar-refractivity contribution is 0.0385. The Morgan fingerprint density at radius 2 is 2.24 bits per heavy atom. The highest BCUT2D eigenvalue weighted by atomic mass is 79.9. The number of phenols is 1. The van der Waals surface area contributed by atoms with Crippen LogP contribution in [0, 0.1) is 5.41 Å². The van der Waals surface area contributed by atoms with Crippen LogP contribution in [0.5, 0.6) is 5.75 Å². The maximum Gasteiger partial charge on any atom is 0.407 e. The molecule has 1 aliphatic rings. The Bertz CT molecular complexity index is 459. The van der Waals surface area contributed by atoms with Crippen molar-refractivity contribution in [1.29, 1.82) is 0 Å². The molecule has 4 nitrogen and oxygen atoms in total. The van der Waals surface area contributed by atoms with Crippen LogP contribution in [0.3, 0.4) is 0 Å². The van der Waals surface area contributed by atoms with Crippen LogP contribution in [-0.4, -0.2) is 17.8 Å². The molecule has 0 aliphatic carbocycles. The molecule has 1 aliphatic heterocycles. The third-order valence-electron chi connectivity index (χ3n) is 2.91. The fraction of sp³-hybridized carbons (Fsp3) is 0.417. The van der Waals surface area contributed by atoms with Gasteiger partial charge in [0.2, 0.25) is 0 Å². The van der Waals surface area contributed by atoms with Gasteiger partial charge in [0.1, 0.15) is 12.4 Å². The van der Waals surface area contributed by atoms with Crippen molar-refractivity contribution in [2.24, 2.45) is 5.41 Å². The number of cyclic esters (lactones) is 1. The summed E-state index contributed by atoms with van der Waals surface area (Å²) < 4.78 is 5.84. The summed E-state index contributed by atoms with van der Waals surface area (Å²) >= 11 is 3.43. The van der Waals surface area contributed by atoms with Crippen LogP contribution in [-0.2, 0) is 4.74 Å². The number of aromatic hydroxyl groups is 1. The molecule has 0 aromatic heterocycles. The number of hydrogen-bond acceptors (Lipinski definition) is 3. The number of hydrogen-bond donors (Lipinski definition) is 2. The zero-order valence-corrected chi connectivity index (χ0v) is 11.2. The third-order valence-corrected chi connectivity index (χ3v) is 3.63. The molecule has 1 aromatic carbocycles. The summed E-state index contributed by atoms with van der Waals surface area (Å²) in [5, 5.41) is 12.3. The fourth-order valence-electron chi connectivity index (χ4n) is 1.94. The molecule has 1 saturated heterocycles. The summed E-state index contributed by atoms with van der Waals surface area (Å²) in [5.74, 6) is 0.180. The highest BCUT2D eigenvalue weighted by Gasteiger charge is 2.38. The van der Waals surface area contributed by atoms with Gasteiger partial charge in [0.25, 0.3) is 0 Å². The van der Waals surface area contributed by atoms with Crippen molar-refractivity contribution in [2.45, 2.75) is 19.9 Å². The molecular weight excluding hydrogens is 286 g/mol. The van der Waals surface area contributed by atoms with Crippen LogP contribution in [0.1, 0.15) is 25.5 Å². The maximum atomic E-state index is 11.3. The van der Waals surface area contributed by atoms with Gasteiger partial charge in [-0.15, -0.1) is 0 Å². The van der Waals surface area contributed by atoms with E-state index in [1.165, 1.54) is 0 Å².